The summed E-state index contributed by atoms with van der Waals surface area (Å²) in [6.45, 7) is 3.22. The van der Waals surface area contributed by atoms with Crippen LogP contribution in [0.3, 0.4) is 0 Å². The van der Waals surface area contributed by atoms with Crippen LogP contribution in [0.15, 0.2) is 0 Å². The van der Waals surface area contributed by atoms with E-state index in [0.29, 0.717) is 12.8 Å². The quantitative estimate of drug-likeness (QED) is 0.614. The Bertz CT molecular complexity index is 307. The highest BCUT2D eigenvalue weighted by molar-refractivity contribution is 5.90. The van der Waals surface area contributed by atoms with E-state index in [9.17, 15) is 9.59 Å². The van der Waals surface area contributed by atoms with Gasteiger partial charge >= 0.3 is 5.97 Å². The molecule has 1 aliphatic rings. The fraction of sp³-hybridized carbons (Fsp3) is 0.786. The first kappa shape index (κ1) is 17.6. The average Bonchev–Trinajstić information content (AvgIpc) is 2.70. The lowest BCUT2D eigenvalue weighted by molar-refractivity contribution is -0.148. The van der Waals surface area contributed by atoms with E-state index in [1.54, 1.807) is 0 Å². The van der Waals surface area contributed by atoms with Crippen LogP contribution in [0.1, 0.15) is 52.4 Å². The molecule has 1 saturated carbocycles. The summed E-state index contributed by atoms with van der Waals surface area (Å²) in [4.78, 5) is 32.0. The summed E-state index contributed by atoms with van der Waals surface area (Å²) < 4.78 is 4.73. The van der Waals surface area contributed by atoms with Crippen LogP contribution in [0.5, 0.6) is 0 Å². The number of carboxylic acid groups (broad SMARTS) is 1. The molecule has 0 aromatic rings. The monoisotopic (exact) mass is 272 g/mol. The summed E-state index contributed by atoms with van der Waals surface area (Å²) in [6.07, 6.45) is 5.41. The predicted octanol–water partition coefficient (Wildman–Crippen LogP) is 2.43. The first-order chi connectivity index (χ1) is 8.93. The van der Waals surface area contributed by atoms with Crippen molar-refractivity contribution in [3.63, 3.8) is 0 Å². The number of aliphatic carboxylic acids is 1. The largest absolute Gasteiger partial charge is 0.481 e. The van der Waals surface area contributed by atoms with Gasteiger partial charge in [0.15, 0.2) is 0 Å². The van der Waals surface area contributed by atoms with E-state index in [1.165, 1.54) is 7.11 Å². The molecule has 2 atom stereocenters. The van der Waals surface area contributed by atoms with Crippen LogP contribution >= 0.6 is 0 Å². The fourth-order valence-electron chi connectivity index (χ4n) is 2.32. The van der Waals surface area contributed by atoms with Crippen molar-refractivity contribution in [3.05, 3.63) is 0 Å². The Morgan fingerprint density at radius 1 is 1.37 bits per heavy atom. The Morgan fingerprint density at radius 3 is 2.42 bits per heavy atom. The minimum absolute atomic E-state index is 0.0657. The molecule has 0 radical (unpaired) electrons. The van der Waals surface area contributed by atoms with Gasteiger partial charge in [0.25, 0.3) is 5.97 Å². The number of hydrogen-bond acceptors (Lipinski definition) is 4. The molecule has 0 spiro atoms. The lowest BCUT2D eigenvalue weighted by Crippen LogP contribution is -2.23. The lowest BCUT2D eigenvalue weighted by atomic mass is 9.90. The van der Waals surface area contributed by atoms with E-state index < -0.39 is 5.97 Å². The van der Waals surface area contributed by atoms with Crippen molar-refractivity contribution in [2.45, 2.75) is 52.4 Å². The zero-order valence-electron chi connectivity index (χ0n) is 12.0. The van der Waals surface area contributed by atoms with Crippen LogP contribution in [0.2, 0.25) is 0 Å². The van der Waals surface area contributed by atoms with Crippen molar-refractivity contribution in [1.29, 1.82) is 0 Å². The van der Waals surface area contributed by atoms with E-state index in [1.807, 2.05) is 0 Å². The number of ketones is 1. The molecule has 0 amide bonds. The van der Waals surface area contributed by atoms with Gasteiger partial charge in [0.1, 0.15) is 5.78 Å². The van der Waals surface area contributed by atoms with Gasteiger partial charge in [0, 0.05) is 19.3 Å². The van der Waals surface area contributed by atoms with Gasteiger partial charge in [-0.05, 0) is 12.8 Å². The Morgan fingerprint density at radius 2 is 1.95 bits per heavy atom. The van der Waals surface area contributed by atoms with E-state index in [4.69, 9.17) is 14.6 Å². The van der Waals surface area contributed by atoms with Crippen molar-refractivity contribution in [1.82, 2.24) is 0 Å². The molecule has 0 aromatic heterocycles. The molecule has 0 saturated heterocycles. The summed E-state index contributed by atoms with van der Waals surface area (Å²) in [7, 11) is 1.40. The number of methoxy groups -OCH3 is 1. The first-order valence-electron chi connectivity index (χ1n) is 6.74. The van der Waals surface area contributed by atoms with Crippen molar-refractivity contribution in [2.75, 3.05) is 7.11 Å². The molecule has 0 heterocycles. The van der Waals surface area contributed by atoms with Gasteiger partial charge in [0.2, 0.25) is 0 Å². The van der Waals surface area contributed by atoms with Gasteiger partial charge in [0.05, 0.1) is 13.0 Å². The number of hydrogen-bond donors (Lipinski definition) is 1. The third-order valence-corrected chi connectivity index (χ3v) is 3.22. The summed E-state index contributed by atoms with van der Waals surface area (Å²) in [5, 5.41) is 7.42. The minimum atomic E-state index is -0.833. The molecule has 19 heavy (non-hydrogen) atoms. The van der Waals surface area contributed by atoms with E-state index >= 15 is 0 Å². The number of carbonyl (C=O) groups is 3. The number of ether oxygens (including phenoxy) is 1. The molecule has 5 nitrogen and oxygen atoms in total. The summed E-state index contributed by atoms with van der Waals surface area (Å²) in [5.41, 5.74) is 0. The number of Topliss-reactive ketones (excluding diaryl/α,β-unsaturated/α-hetero) is 1. The van der Waals surface area contributed by atoms with Crippen molar-refractivity contribution < 1.29 is 24.2 Å². The second kappa shape index (κ2) is 9.53. The highest BCUT2D eigenvalue weighted by atomic mass is 16.5. The maximum atomic E-state index is 11.6. The molecule has 1 fully saturated rings. The third-order valence-electron chi connectivity index (χ3n) is 3.22. The SMILES string of the molecule is CC(=O)O.CCCCCC1C(=O)CCC1C(=O)OC. The number of carboxylic acids is 1. The van der Waals surface area contributed by atoms with E-state index in [0.717, 1.165) is 32.6 Å². The highest BCUT2D eigenvalue weighted by Gasteiger charge is 2.39. The molecular weight excluding hydrogens is 248 g/mol. The molecule has 1 N–H and O–H groups in total. The summed E-state index contributed by atoms with van der Waals surface area (Å²) in [5.74, 6) is -1.02. The maximum absolute atomic E-state index is 11.6. The van der Waals surface area contributed by atoms with Gasteiger partial charge in [-0.2, -0.15) is 0 Å². The smallest absolute Gasteiger partial charge is 0.309 e. The van der Waals surface area contributed by atoms with Gasteiger partial charge in [-0.3, -0.25) is 14.4 Å². The Kier molecular flexibility index (Phi) is 8.83. The van der Waals surface area contributed by atoms with Crippen LogP contribution in [-0.2, 0) is 19.1 Å². The minimum Gasteiger partial charge on any atom is -0.481 e. The van der Waals surface area contributed by atoms with E-state index in [2.05, 4.69) is 6.92 Å². The van der Waals surface area contributed by atoms with E-state index in [-0.39, 0.29) is 23.6 Å². The predicted molar refractivity (Wildman–Crippen MR) is 70.7 cm³/mol. The van der Waals surface area contributed by atoms with Crippen LogP contribution < -0.4 is 0 Å². The maximum Gasteiger partial charge on any atom is 0.309 e. The van der Waals surface area contributed by atoms with Crippen LogP contribution in [0, 0.1) is 11.8 Å². The molecule has 1 aliphatic carbocycles. The lowest BCUT2D eigenvalue weighted by Gasteiger charge is -2.15. The molecule has 110 valence electrons. The van der Waals surface area contributed by atoms with Crippen LogP contribution in [0.25, 0.3) is 0 Å². The van der Waals surface area contributed by atoms with Gasteiger partial charge in [-0.25, -0.2) is 0 Å². The Labute approximate surface area is 114 Å². The fourth-order valence-corrected chi connectivity index (χ4v) is 2.32. The topological polar surface area (TPSA) is 80.7 Å². The van der Waals surface area contributed by atoms with Gasteiger partial charge in [-0.15, -0.1) is 0 Å². The number of unbranched alkanes of at least 4 members (excludes halogenated alkanes) is 2. The van der Waals surface area contributed by atoms with Crippen LogP contribution in [0.4, 0.5) is 0 Å². The van der Waals surface area contributed by atoms with Gasteiger partial charge in [-0.1, -0.05) is 26.2 Å². The number of carbonyl (C=O) groups excluding carboxylic acids is 2. The second-order valence-corrected chi connectivity index (χ2v) is 4.76. The molecule has 0 aliphatic heterocycles. The van der Waals surface area contributed by atoms with Crippen molar-refractivity contribution in [3.8, 4) is 0 Å². The molecule has 0 bridgehead atoms. The third kappa shape index (κ3) is 6.94. The molecule has 2 unspecified atom stereocenters. The van der Waals surface area contributed by atoms with Gasteiger partial charge < -0.3 is 9.84 Å². The van der Waals surface area contributed by atoms with Crippen molar-refractivity contribution in [2.24, 2.45) is 11.8 Å². The molecular formula is C14H24O5. The standard InChI is InChI=1S/C12H20O3.C2H4O2/c1-3-4-5-6-9-10(12(14)15-2)7-8-11(9)13;1-2(3)4/h9-10H,3-8H2,1-2H3;1H3,(H,3,4). The Hall–Kier alpha value is -1.39. The summed E-state index contributed by atoms with van der Waals surface area (Å²) >= 11 is 0. The van der Waals surface area contributed by atoms with Crippen molar-refractivity contribution >= 4 is 17.7 Å². The summed E-state index contributed by atoms with van der Waals surface area (Å²) in [6, 6.07) is 0. The Balaban J connectivity index is 0.000000711. The molecule has 5 heteroatoms. The normalized spacial score (nSPS) is 21.5. The highest BCUT2D eigenvalue weighted by Crippen LogP contribution is 2.33. The van der Waals surface area contributed by atoms with Crippen LogP contribution in [-0.4, -0.2) is 29.9 Å². The molecule has 1 rings (SSSR count). The first-order valence-corrected chi connectivity index (χ1v) is 6.74. The zero-order valence-corrected chi connectivity index (χ0v) is 12.0. The molecule has 0 aromatic carbocycles. The number of rotatable bonds is 5. The zero-order chi connectivity index (χ0) is 14.8. The second-order valence-electron chi connectivity index (χ2n) is 4.76. The average molecular weight is 272 g/mol. The number of esters is 1.